The minimum Gasteiger partial charge on any atom is -0.417 e. The quantitative estimate of drug-likeness (QED) is 0.763. The topological polar surface area (TPSA) is 59.2 Å². The number of carbonyl (C=O) groups is 1. The van der Waals surface area contributed by atoms with Gasteiger partial charge in [0.15, 0.2) is 0 Å². The van der Waals surface area contributed by atoms with Crippen molar-refractivity contribution in [3.63, 3.8) is 0 Å². The van der Waals surface area contributed by atoms with E-state index in [4.69, 9.17) is 4.42 Å². The Morgan fingerprint density at radius 2 is 2.12 bits per heavy atom. The first kappa shape index (κ1) is 16.9. The molecule has 0 N–H and O–H groups in total. The predicted molar refractivity (Wildman–Crippen MR) is 81.3 cm³/mol. The van der Waals surface area contributed by atoms with Crippen molar-refractivity contribution in [3.8, 4) is 0 Å². The Morgan fingerprint density at radius 3 is 2.79 bits per heavy atom. The molecule has 1 unspecified atom stereocenters. The lowest BCUT2D eigenvalue weighted by Crippen LogP contribution is -2.39. The molecular formula is C15H13BrF3N3O2. The molecule has 1 aliphatic heterocycles. The zero-order chi connectivity index (χ0) is 17.3. The Balaban J connectivity index is 1.75. The predicted octanol–water partition coefficient (Wildman–Crippen LogP) is 3.87. The summed E-state index contributed by atoms with van der Waals surface area (Å²) >= 11 is 3.31. The average Bonchev–Trinajstić information content (AvgIpc) is 3.04. The van der Waals surface area contributed by atoms with E-state index in [0.29, 0.717) is 24.9 Å². The Bertz CT molecular complexity index is 748. The van der Waals surface area contributed by atoms with Crippen molar-refractivity contribution in [2.45, 2.75) is 24.9 Å². The van der Waals surface area contributed by atoms with E-state index in [1.807, 2.05) is 6.07 Å². The van der Waals surface area contributed by atoms with Gasteiger partial charge in [0.2, 0.25) is 5.89 Å². The fourth-order valence-electron chi connectivity index (χ4n) is 2.68. The maximum Gasteiger partial charge on any atom is 0.470 e. The Labute approximate surface area is 144 Å². The highest BCUT2D eigenvalue weighted by molar-refractivity contribution is 9.10. The van der Waals surface area contributed by atoms with Crippen LogP contribution in [0.25, 0.3) is 0 Å². The first-order valence-corrected chi connectivity index (χ1v) is 8.09. The van der Waals surface area contributed by atoms with E-state index >= 15 is 0 Å². The summed E-state index contributed by atoms with van der Waals surface area (Å²) in [5.41, 5.74) is 0.520. The van der Waals surface area contributed by atoms with Crippen molar-refractivity contribution in [2.75, 3.05) is 13.1 Å². The van der Waals surface area contributed by atoms with E-state index in [0.717, 1.165) is 4.47 Å². The molecule has 1 saturated heterocycles. The summed E-state index contributed by atoms with van der Waals surface area (Å²) in [6.07, 6.45) is -3.40. The molecule has 3 rings (SSSR count). The fraction of sp³-hybridized carbons (Fsp3) is 0.400. The summed E-state index contributed by atoms with van der Waals surface area (Å²) in [7, 11) is 0. The van der Waals surface area contributed by atoms with Crippen LogP contribution in [0.5, 0.6) is 0 Å². The van der Waals surface area contributed by atoms with Crippen LogP contribution < -0.4 is 0 Å². The van der Waals surface area contributed by atoms with Crippen molar-refractivity contribution in [1.82, 2.24) is 15.1 Å². The molecule has 1 aromatic heterocycles. The largest absolute Gasteiger partial charge is 0.470 e. The van der Waals surface area contributed by atoms with Crippen LogP contribution in [0.15, 0.2) is 33.2 Å². The molecule has 0 radical (unpaired) electrons. The molecule has 1 amide bonds. The van der Waals surface area contributed by atoms with E-state index in [1.54, 1.807) is 23.1 Å². The van der Waals surface area contributed by atoms with E-state index in [9.17, 15) is 18.0 Å². The van der Waals surface area contributed by atoms with Gasteiger partial charge in [0.25, 0.3) is 5.91 Å². The lowest BCUT2D eigenvalue weighted by molar-refractivity contribution is -0.157. The lowest BCUT2D eigenvalue weighted by atomic mass is 9.97. The summed E-state index contributed by atoms with van der Waals surface area (Å²) in [5, 5.41) is 6.56. The number of hydrogen-bond acceptors (Lipinski definition) is 4. The van der Waals surface area contributed by atoms with Gasteiger partial charge in [-0.3, -0.25) is 4.79 Å². The molecule has 2 aromatic rings. The SMILES string of the molecule is O=C(c1cccc(Br)c1)N1CCCC(c2nnc(C(F)(F)F)o2)C1. The monoisotopic (exact) mass is 403 g/mol. The molecule has 9 heteroatoms. The highest BCUT2D eigenvalue weighted by Gasteiger charge is 2.39. The number of piperidine rings is 1. The van der Waals surface area contributed by atoms with Crippen molar-refractivity contribution in [3.05, 3.63) is 46.1 Å². The fourth-order valence-corrected chi connectivity index (χ4v) is 3.08. The second-order valence-electron chi connectivity index (χ2n) is 5.54. The van der Waals surface area contributed by atoms with E-state index < -0.39 is 18.0 Å². The molecule has 1 aliphatic rings. The van der Waals surface area contributed by atoms with Gasteiger partial charge in [-0.05, 0) is 31.0 Å². The van der Waals surface area contributed by atoms with Crippen LogP contribution in [0.3, 0.4) is 0 Å². The van der Waals surface area contributed by atoms with Crippen LogP contribution in [0.1, 0.15) is 40.9 Å². The number of aromatic nitrogens is 2. The molecule has 2 heterocycles. The summed E-state index contributed by atoms with van der Waals surface area (Å²) in [5.74, 6) is -1.99. The summed E-state index contributed by atoms with van der Waals surface area (Å²) in [6, 6.07) is 6.98. The molecular weight excluding hydrogens is 391 g/mol. The number of halogens is 4. The molecule has 5 nitrogen and oxygen atoms in total. The third-order valence-electron chi connectivity index (χ3n) is 3.81. The second-order valence-corrected chi connectivity index (χ2v) is 6.46. The van der Waals surface area contributed by atoms with Crippen LogP contribution in [0, 0.1) is 0 Å². The summed E-state index contributed by atoms with van der Waals surface area (Å²) in [4.78, 5) is 14.2. The van der Waals surface area contributed by atoms with E-state index in [1.165, 1.54) is 0 Å². The number of rotatable bonds is 2. The van der Waals surface area contributed by atoms with Crippen LogP contribution in [0.2, 0.25) is 0 Å². The lowest BCUT2D eigenvalue weighted by Gasteiger charge is -2.31. The molecule has 0 aliphatic carbocycles. The van der Waals surface area contributed by atoms with Crippen LogP contribution in [-0.4, -0.2) is 34.1 Å². The Morgan fingerprint density at radius 1 is 1.33 bits per heavy atom. The number of likely N-dealkylation sites (tertiary alicyclic amines) is 1. The van der Waals surface area contributed by atoms with Crippen LogP contribution in [-0.2, 0) is 6.18 Å². The number of alkyl halides is 3. The number of hydrogen-bond donors (Lipinski definition) is 0. The maximum atomic E-state index is 12.6. The third kappa shape index (κ3) is 3.61. The van der Waals surface area contributed by atoms with Crippen molar-refractivity contribution in [2.24, 2.45) is 0 Å². The molecule has 1 fully saturated rings. The third-order valence-corrected chi connectivity index (χ3v) is 4.31. The minimum absolute atomic E-state index is 0.0749. The van der Waals surface area contributed by atoms with Gasteiger partial charge in [-0.25, -0.2) is 0 Å². The standard InChI is InChI=1S/C15H13BrF3N3O2/c16-11-5-1-3-9(7-11)13(23)22-6-2-4-10(8-22)12-20-21-14(24-12)15(17,18)19/h1,3,5,7,10H,2,4,6,8H2. The van der Waals surface area contributed by atoms with Crippen LogP contribution >= 0.6 is 15.9 Å². The Kier molecular flexibility index (Phi) is 4.62. The minimum atomic E-state index is -4.66. The molecule has 1 aromatic carbocycles. The molecule has 0 bridgehead atoms. The zero-order valence-electron chi connectivity index (χ0n) is 12.4. The molecule has 1 atom stereocenters. The number of nitrogens with zero attached hydrogens (tertiary/aromatic N) is 3. The normalized spacial score (nSPS) is 18.7. The van der Waals surface area contributed by atoms with Gasteiger partial charge in [0, 0.05) is 23.1 Å². The summed E-state index contributed by atoms with van der Waals surface area (Å²) in [6.45, 7) is 0.799. The Hall–Kier alpha value is -1.90. The summed E-state index contributed by atoms with van der Waals surface area (Å²) < 4.78 is 43.2. The van der Waals surface area contributed by atoms with Crippen molar-refractivity contribution < 1.29 is 22.4 Å². The average molecular weight is 404 g/mol. The van der Waals surface area contributed by atoms with Crippen LogP contribution in [0.4, 0.5) is 13.2 Å². The van der Waals surface area contributed by atoms with Gasteiger partial charge in [0.05, 0.1) is 5.92 Å². The molecule has 0 spiro atoms. The molecule has 128 valence electrons. The van der Waals surface area contributed by atoms with Gasteiger partial charge in [0.1, 0.15) is 0 Å². The van der Waals surface area contributed by atoms with Gasteiger partial charge < -0.3 is 9.32 Å². The van der Waals surface area contributed by atoms with Crippen molar-refractivity contribution in [1.29, 1.82) is 0 Å². The highest BCUT2D eigenvalue weighted by atomic mass is 79.9. The first-order valence-electron chi connectivity index (χ1n) is 7.30. The van der Waals surface area contributed by atoms with E-state index in [2.05, 4.69) is 26.1 Å². The molecule has 0 saturated carbocycles. The van der Waals surface area contributed by atoms with Gasteiger partial charge in [-0.2, -0.15) is 13.2 Å². The van der Waals surface area contributed by atoms with E-state index in [-0.39, 0.29) is 18.3 Å². The van der Waals surface area contributed by atoms with Crippen molar-refractivity contribution >= 4 is 21.8 Å². The van der Waals surface area contributed by atoms with Gasteiger partial charge >= 0.3 is 12.1 Å². The second kappa shape index (κ2) is 6.54. The smallest absolute Gasteiger partial charge is 0.417 e. The maximum absolute atomic E-state index is 12.6. The first-order chi connectivity index (χ1) is 11.3. The number of amides is 1. The highest BCUT2D eigenvalue weighted by Crippen LogP contribution is 2.32. The number of carbonyl (C=O) groups excluding carboxylic acids is 1. The zero-order valence-corrected chi connectivity index (χ0v) is 14.0. The molecule has 24 heavy (non-hydrogen) atoms. The van der Waals surface area contributed by atoms with Gasteiger partial charge in [-0.15, -0.1) is 10.2 Å². The number of benzene rings is 1. The van der Waals surface area contributed by atoms with Gasteiger partial charge in [-0.1, -0.05) is 22.0 Å².